The van der Waals surface area contributed by atoms with Gasteiger partial charge in [0.25, 0.3) is 0 Å². The number of hydrogen-bond donors (Lipinski definition) is 1. The molecule has 2 amide bonds. The monoisotopic (exact) mass is 305 g/mol. The van der Waals surface area contributed by atoms with Crippen molar-refractivity contribution in [1.29, 1.82) is 0 Å². The summed E-state index contributed by atoms with van der Waals surface area (Å²) in [5, 5.41) is 2.34. The number of rotatable bonds is 7. The first-order valence-electron chi connectivity index (χ1n) is 7.35. The number of aliphatic imine (C=N–C) groups is 1. The molecule has 1 heterocycles. The van der Waals surface area contributed by atoms with Crippen molar-refractivity contribution >= 4 is 23.8 Å². The minimum Gasteiger partial charge on any atom is -0.296 e. The van der Waals surface area contributed by atoms with Crippen LogP contribution < -0.4 is 5.32 Å². The third-order valence-corrected chi connectivity index (χ3v) is 3.51. The van der Waals surface area contributed by atoms with E-state index in [0.29, 0.717) is 31.4 Å². The van der Waals surface area contributed by atoms with Gasteiger partial charge in [-0.3, -0.25) is 29.6 Å². The van der Waals surface area contributed by atoms with Crippen LogP contribution in [0.15, 0.2) is 28.8 Å². The normalized spacial score (nSPS) is 20.6. The number of nitrogens with one attached hydrogen (secondary N) is 1. The van der Waals surface area contributed by atoms with Crippen LogP contribution in [0.2, 0.25) is 0 Å². The summed E-state index contributed by atoms with van der Waals surface area (Å²) >= 11 is 0. The van der Waals surface area contributed by atoms with Crippen LogP contribution in [0.1, 0.15) is 26.2 Å². The number of aldehydes is 1. The minimum atomic E-state index is -0.374. The topological polar surface area (TPSA) is 78.8 Å². The smallest absolute Gasteiger partial charge is 0.243 e. The van der Waals surface area contributed by atoms with E-state index in [2.05, 4.69) is 10.3 Å². The summed E-state index contributed by atoms with van der Waals surface area (Å²) in [6.45, 7) is 2.43. The molecule has 0 bridgehead atoms. The van der Waals surface area contributed by atoms with Gasteiger partial charge in [0, 0.05) is 20.0 Å². The predicted octanol–water partition coefficient (Wildman–Crippen LogP) is 0.886. The number of carbonyl (C=O) groups excluding carboxylic acids is 3. The Hall–Kier alpha value is -2.08. The van der Waals surface area contributed by atoms with E-state index in [4.69, 9.17) is 0 Å². The van der Waals surface area contributed by atoms with Gasteiger partial charge in [-0.1, -0.05) is 25.2 Å². The molecule has 1 fully saturated rings. The Balaban J connectivity index is 2.86. The summed E-state index contributed by atoms with van der Waals surface area (Å²) in [6.07, 6.45) is 8.11. The Morgan fingerprint density at radius 1 is 1.45 bits per heavy atom. The molecule has 0 radical (unpaired) electrons. The zero-order chi connectivity index (χ0) is 16.5. The molecule has 1 unspecified atom stereocenters. The van der Waals surface area contributed by atoms with Crippen molar-refractivity contribution < 1.29 is 14.4 Å². The molecule has 0 aliphatic carbocycles. The average Bonchev–Trinajstić information content (AvgIpc) is 2.48. The number of likely N-dealkylation sites (N-methyl/N-ethyl adjacent to an activating group) is 1. The largest absolute Gasteiger partial charge is 0.296 e. The number of nitrogens with zero attached hydrogens (tertiary/aromatic N) is 2. The van der Waals surface area contributed by atoms with E-state index in [0.717, 1.165) is 12.0 Å². The maximum Gasteiger partial charge on any atom is 0.243 e. The van der Waals surface area contributed by atoms with Gasteiger partial charge in [0.1, 0.15) is 5.71 Å². The molecule has 22 heavy (non-hydrogen) atoms. The molecule has 0 spiro atoms. The van der Waals surface area contributed by atoms with Crippen LogP contribution in [-0.4, -0.2) is 55.4 Å². The molecule has 1 rings (SSSR count). The third-order valence-electron chi connectivity index (χ3n) is 3.51. The number of allylic oxidation sites excluding steroid dienone is 3. The standard InChI is InChI=1S/C16H23N3O3/c1-4-5-6-7-12(13(11-20)17-2)10-19(3)14-8-9-15(21)18-16(14)22/h5-7,11,14H,4,8-10H2,1-3H3,(H,18,21,22)/b6-5+,12-7-,17-13?. The van der Waals surface area contributed by atoms with Crippen LogP contribution in [0.3, 0.4) is 0 Å². The fourth-order valence-electron chi connectivity index (χ4n) is 2.29. The van der Waals surface area contributed by atoms with Crippen LogP contribution in [0.25, 0.3) is 0 Å². The van der Waals surface area contributed by atoms with E-state index >= 15 is 0 Å². The molecule has 6 heteroatoms. The van der Waals surface area contributed by atoms with Crippen molar-refractivity contribution in [1.82, 2.24) is 10.2 Å². The first kappa shape index (κ1) is 18.0. The van der Waals surface area contributed by atoms with Gasteiger partial charge in [0.2, 0.25) is 11.8 Å². The van der Waals surface area contributed by atoms with Gasteiger partial charge in [-0.2, -0.15) is 0 Å². The number of hydrogen-bond acceptors (Lipinski definition) is 5. The Morgan fingerprint density at radius 2 is 2.18 bits per heavy atom. The van der Waals surface area contributed by atoms with E-state index < -0.39 is 0 Å². The molecule has 0 saturated carbocycles. The zero-order valence-electron chi connectivity index (χ0n) is 13.3. The maximum atomic E-state index is 11.9. The highest BCUT2D eigenvalue weighted by Crippen LogP contribution is 2.13. The molecule has 120 valence electrons. The van der Waals surface area contributed by atoms with Crippen LogP contribution in [0.4, 0.5) is 0 Å². The van der Waals surface area contributed by atoms with Crippen LogP contribution in [-0.2, 0) is 14.4 Å². The van der Waals surface area contributed by atoms with Crippen molar-refractivity contribution in [3.8, 4) is 0 Å². The van der Waals surface area contributed by atoms with Crippen molar-refractivity contribution in [3.05, 3.63) is 23.8 Å². The van der Waals surface area contributed by atoms with Crippen molar-refractivity contribution in [2.24, 2.45) is 4.99 Å². The quantitative estimate of drug-likeness (QED) is 0.328. The first-order valence-corrected chi connectivity index (χ1v) is 7.35. The summed E-state index contributed by atoms with van der Waals surface area (Å²) in [6, 6.07) is -0.374. The van der Waals surface area contributed by atoms with Gasteiger partial charge in [-0.25, -0.2) is 0 Å². The molecule has 0 aromatic rings. The molecule has 6 nitrogen and oxygen atoms in total. The van der Waals surface area contributed by atoms with E-state index in [1.54, 1.807) is 14.1 Å². The van der Waals surface area contributed by atoms with E-state index in [9.17, 15) is 14.4 Å². The Labute approximate surface area is 131 Å². The third kappa shape index (κ3) is 5.04. The van der Waals surface area contributed by atoms with Crippen molar-refractivity contribution in [2.45, 2.75) is 32.2 Å². The van der Waals surface area contributed by atoms with Gasteiger partial charge >= 0.3 is 0 Å². The summed E-state index contributed by atoms with van der Waals surface area (Å²) < 4.78 is 0. The Morgan fingerprint density at radius 3 is 2.73 bits per heavy atom. The van der Waals surface area contributed by atoms with Crippen LogP contribution >= 0.6 is 0 Å². The lowest BCUT2D eigenvalue weighted by Crippen LogP contribution is -2.51. The van der Waals surface area contributed by atoms with Gasteiger partial charge < -0.3 is 0 Å². The average molecular weight is 305 g/mol. The highest BCUT2D eigenvalue weighted by Gasteiger charge is 2.30. The van der Waals surface area contributed by atoms with Crippen molar-refractivity contribution in [3.63, 3.8) is 0 Å². The molecular weight excluding hydrogens is 282 g/mol. The number of amides is 2. The highest BCUT2D eigenvalue weighted by atomic mass is 16.2. The van der Waals surface area contributed by atoms with E-state index in [1.165, 1.54) is 0 Å². The first-order chi connectivity index (χ1) is 10.5. The molecule has 1 saturated heterocycles. The zero-order valence-corrected chi connectivity index (χ0v) is 13.3. The second-order valence-electron chi connectivity index (χ2n) is 5.14. The number of piperidine rings is 1. The van der Waals surface area contributed by atoms with Gasteiger partial charge in [0.15, 0.2) is 6.29 Å². The SMILES string of the molecule is CC/C=C/C=C(/CN(C)C1CCC(=O)NC1=O)C(C=O)=NC. The van der Waals surface area contributed by atoms with Crippen LogP contribution in [0.5, 0.6) is 0 Å². The fraction of sp³-hybridized carbons (Fsp3) is 0.500. The van der Waals surface area contributed by atoms with E-state index in [-0.39, 0.29) is 17.9 Å². The summed E-state index contributed by atoms with van der Waals surface area (Å²) in [7, 11) is 3.36. The van der Waals surface area contributed by atoms with Gasteiger partial charge in [-0.15, -0.1) is 0 Å². The highest BCUT2D eigenvalue weighted by molar-refractivity contribution is 6.36. The molecule has 0 aromatic carbocycles. The second-order valence-corrected chi connectivity index (χ2v) is 5.14. The second kappa shape index (κ2) is 9.04. The molecule has 1 aliphatic heterocycles. The summed E-state index contributed by atoms with van der Waals surface area (Å²) in [4.78, 5) is 40.0. The minimum absolute atomic E-state index is 0.236. The predicted molar refractivity (Wildman–Crippen MR) is 85.7 cm³/mol. The van der Waals surface area contributed by atoms with Crippen LogP contribution in [0, 0.1) is 0 Å². The number of imide groups is 1. The fourth-order valence-corrected chi connectivity index (χ4v) is 2.29. The lowest BCUT2D eigenvalue weighted by Gasteiger charge is -2.30. The maximum absolute atomic E-state index is 11.9. The molecule has 1 atom stereocenters. The van der Waals surface area contributed by atoms with Gasteiger partial charge in [-0.05, 0) is 25.5 Å². The molecule has 1 N–H and O–H groups in total. The summed E-state index contributed by atoms with van der Waals surface area (Å²) in [5.74, 6) is -0.525. The molecule has 0 aromatic heterocycles. The van der Waals surface area contributed by atoms with E-state index in [1.807, 2.05) is 30.1 Å². The summed E-state index contributed by atoms with van der Waals surface area (Å²) in [5.41, 5.74) is 1.11. The Bertz CT molecular complexity index is 521. The van der Waals surface area contributed by atoms with Crippen molar-refractivity contribution in [2.75, 3.05) is 20.6 Å². The lowest BCUT2D eigenvalue weighted by molar-refractivity contribution is -0.137. The Kier molecular flexibility index (Phi) is 7.39. The van der Waals surface area contributed by atoms with Gasteiger partial charge in [0.05, 0.1) is 6.04 Å². The number of carbonyl (C=O) groups is 3. The molecular formula is C16H23N3O3. The lowest BCUT2D eigenvalue weighted by atomic mass is 10.0. The molecule has 1 aliphatic rings.